The molecule has 1 unspecified atom stereocenters. The Morgan fingerprint density at radius 2 is 1.81 bits per heavy atom. The van der Waals surface area contributed by atoms with Gasteiger partial charge < -0.3 is 9.64 Å². The van der Waals surface area contributed by atoms with Crippen molar-refractivity contribution in [2.75, 3.05) is 37.6 Å². The fourth-order valence-electron chi connectivity index (χ4n) is 4.34. The van der Waals surface area contributed by atoms with Crippen molar-refractivity contribution in [2.45, 2.75) is 52.1 Å². The molecule has 1 atom stereocenters. The van der Waals surface area contributed by atoms with Gasteiger partial charge in [0.15, 0.2) is 0 Å². The van der Waals surface area contributed by atoms with E-state index in [-0.39, 0.29) is 17.5 Å². The summed E-state index contributed by atoms with van der Waals surface area (Å²) in [6.45, 7) is 9.40. The maximum absolute atomic E-state index is 12.2. The molecule has 0 spiro atoms. The average molecular weight is 370 g/mol. The zero-order chi connectivity index (χ0) is 19.3. The third-order valence-corrected chi connectivity index (χ3v) is 6.41. The summed E-state index contributed by atoms with van der Waals surface area (Å²) in [5.74, 6) is 0.0218. The quantitative estimate of drug-likeness (QED) is 0.688. The number of rotatable bonds is 7. The summed E-state index contributed by atoms with van der Waals surface area (Å²) < 4.78 is 5.65. The van der Waals surface area contributed by atoms with E-state index in [4.69, 9.17) is 10.00 Å². The van der Waals surface area contributed by atoms with Crippen molar-refractivity contribution in [3.8, 4) is 6.07 Å². The first-order valence-corrected chi connectivity index (χ1v) is 10.3. The highest BCUT2D eigenvalue weighted by Crippen LogP contribution is 2.41. The van der Waals surface area contributed by atoms with Crippen LogP contribution < -0.4 is 4.90 Å². The van der Waals surface area contributed by atoms with Crippen molar-refractivity contribution >= 4 is 11.7 Å². The van der Waals surface area contributed by atoms with E-state index in [0.29, 0.717) is 5.56 Å². The molecule has 3 rings (SSSR count). The Kier molecular flexibility index (Phi) is 6.38. The first-order valence-electron chi connectivity index (χ1n) is 10.3. The predicted molar refractivity (Wildman–Crippen MR) is 107 cm³/mol. The zero-order valence-electron chi connectivity index (χ0n) is 16.6. The molecule has 0 amide bonds. The lowest BCUT2D eigenvalue weighted by Gasteiger charge is -2.36. The van der Waals surface area contributed by atoms with E-state index in [0.717, 1.165) is 64.8 Å². The number of esters is 1. The van der Waals surface area contributed by atoms with Gasteiger partial charge in [0.2, 0.25) is 0 Å². The van der Waals surface area contributed by atoms with Crippen molar-refractivity contribution in [3.63, 3.8) is 0 Å². The lowest BCUT2D eigenvalue weighted by atomic mass is 9.79. The molecule has 1 aromatic rings. The molecule has 5 heteroatoms. The third-order valence-electron chi connectivity index (χ3n) is 6.41. The number of ether oxygens (including phenoxy) is 1. The van der Waals surface area contributed by atoms with Crippen molar-refractivity contribution in [2.24, 2.45) is 5.41 Å². The number of nitrogens with zero attached hydrogens (tertiary/aromatic N) is 3. The molecule has 1 aromatic carbocycles. The Labute approximate surface area is 162 Å². The maximum atomic E-state index is 12.2. The molecule has 2 heterocycles. The van der Waals surface area contributed by atoms with E-state index >= 15 is 0 Å². The molecule has 0 radical (unpaired) electrons. The molecule has 0 aromatic heterocycles. The lowest BCUT2D eigenvalue weighted by molar-refractivity contribution is -0.149. The van der Waals surface area contributed by atoms with Gasteiger partial charge in [-0.15, -0.1) is 0 Å². The number of anilines is 1. The molecule has 2 fully saturated rings. The lowest BCUT2D eigenvalue weighted by Crippen LogP contribution is -2.46. The van der Waals surface area contributed by atoms with Gasteiger partial charge >= 0.3 is 5.97 Å². The number of cyclic esters (lactones) is 1. The van der Waals surface area contributed by atoms with Crippen LogP contribution in [0, 0.1) is 16.7 Å². The molecule has 5 nitrogen and oxygen atoms in total. The first kappa shape index (κ1) is 19.7. The van der Waals surface area contributed by atoms with Crippen LogP contribution in [-0.2, 0) is 9.53 Å². The second kappa shape index (κ2) is 8.75. The van der Waals surface area contributed by atoms with E-state index in [2.05, 4.69) is 29.7 Å². The number of piperazine rings is 1. The monoisotopic (exact) mass is 369 g/mol. The van der Waals surface area contributed by atoms with Gasteiger partial charge in [0, 0.05) is 38.3 Å². The summed E-state index contributed by atoms with van der Waals surface area (Å²) in [7, 11) is 0. The Morgan fingerprint density at radius 3 is 2.37 bits per heavy atom. The molecule has 2 aliphatic heterocycles. The Balaban J connectivity index is 1.39. The molecule has 146 valence electrons. The van der Waals surface area contributed by atoms with Crippen LogP contribution in [-0.4, -0.2) is 49.7 Å². The summed E-state index contributed by atoms with van der Waals surface area (Å²) in [4.78, 5) is 17.1. The highest BCUT2D eigenvalue weighted by molar-refractivity contribution is 5.78. The topological polar surface area (TPSA) is 56.6 Å². The van der Waals surface area contributed by atoms with Crippen LogP contribution >= 0.6 is 0 Å². The van der Waals surface area contributed by atoms with Crippen LogP contribution in [0.2, 0.25) is 0 Å². The molecule has 2 aliphatic rings. The summed E-state index contributed by atoms with van der Waals surface area (Å²) in [5.41, 5.74) is 1.68. The number of hydrogen-bond donors (Lipinski definition) is 0. The van der Waals surface area contributed by atoms with E-state index in [1.165, 1.54) is 5.69 Å². The normalized spacial score (nSPS) is 22.5. The molecule has 0 bridgehead atoms. The van der Waals surface area contributed by atoms with Gasteiger partial charge in [-0.05, 0) is 56.5 Å². The molecule has 2 saturated heterocycles. The van der Waals surface area contributed by atoms with Gasteiger partial charge in [0.1, 0.15) is 6.10 Å². The smallest absolute Gasteiger partial charge is 0.312 e. The fraction of sp³-hybridized carbons (Fsp3) is 0.636. The highest BCUT2D eigenvalue weighted by atomic mass is 16.6. The Morgan fingerprint density at radius 1 is 1.15 bits per heavy atom. The SMILES string of the molecule is CCC1(CC)CC(CCCN2CCN(c3ccc(C#N)cc3)CC2)OC1=O. The Hall–Kier alpha value is -2.06. The van der Waals surface area contributed by atoms with Crippen molar-refractivity contribution < 1.29 is 9.53 Å². The van der Waals surface area contributed by atoms with Crippen LogP contribution in [0.25, 0.3) is 0 Å². The third kappa shape index (κ3) is 4.44. The highest BCUT2D eigenvalue weighted by Gasteiger charge is 2.45. The summed E-state index contributed by atoms with van der Waals surface area (Å²) in [6, 6.07) is 10.0. The van der Waals surface area contributed by atoms with Gasteiger partial charge in [0.25, 0.3) is 0 Å². The van der Waals surface area contributed by atoms with Crippen LogP contribution in [0.1, 0.15) is 51.5 Å². The van der Waals surface area contributed by atoms with Crippen molar-refractivity contribution in [1.82, 2.24) is 4.90 Å². The summed E-state index contributed by atoms with van der Waals surface area (Å²) >= 11 is 0. The van der Waals surface area contributed by atoms with Gasteiger partial charge in [0.05, 0.1) is 17.0 Å². The minimum Gasteiger partial charge on any atom is -0.462 e. The average Bonchev–Trinajstić information content (AvgIpc) is 3.04. The van der Waals surface area contributed by atoms with Crippen LogP contribution in [0.3, 0.4) is 0 Å². The molecular weight excluding hydrogens is 338 g/mol. The first-order chi connectivity index (χ1) is 13.1. The largest absolute Gasteiger partial charge is 0.462 e. The van der Waals surface area contributed by atoms with E-state index < -0.39 is 0 Å². The number of carbonyl (C=O) groups excluding carboxylic acids is 1. The maximum Gasteiger partial charge on any atom is 0.312 e. The predicted octanol–water partition coefficient (Wildman–Crippen LogP) is 3.58. The number of hydrogen-bond acceptors (Lipinski definition) is 5. The second-order valence-corrected chi connectivity index (χ2v) is 7.85. The van der Waals surface area contributed by atoms with E-state index in [1.807, 2.05) is 24.3 Å². The van der Waals surface area contributed by atoms with Crippen LogP contribution in [0.5, 0.6) is 0 Å². The molecular formula is C22H31N3O2. The second-order valence-electron chi connectivity index (χ2n) is 7.85. The number of benzene rings is 1. The van der Waals surface area contributed by atoms with Gasteiger partial charge in [-0.25, -0.2) is 0 Å². The summed E-state index contributed by atoms with van der Waals surface area (Å²) in [5, 5.41) is 8.91. The number of nitriles is 1. The molecule has 27 heavy (non-hydrogen) atoms. The van der Waals surface area contributed by atoms with Gasteiger partial charge in [-0.3, -0.25) is 9.69 Å². The van der Waals surface area contributed by atoms with Gasteiger partial charge in [-0.1, -0.05) is 13.8 Å². The van der Waals surface area contributed by atoms with Crippen LogP contribution in [0.4, 0.5) is 5.69 Å². The minimum atomic E-state index is -0.225. The standard InChI is InChI=1S/C22H31N3O2/c1-3-22(4-2)16-20(27-21(22)26)6-5-11-24-12-14-25(15-13-24)19-9-7-18(17-23)8-10-19/h7-10,20H,3-6,11-16H2,1-2H3. The fourth-order valence-corrected chi connectivity index (χ4v) is 4.34. The molecule has 0 aliphatic carbocycles. The van der Waals surface area contributed by atoms with Gasteiger partial charge in [-0.2, -0.15) is 5.26 Å². The number of carbonyl (C=O) groups is 1. The molecule has 0 saturated carbocycles. The van der Waals surface area contributed by atoms with E-state index in [9.17, 15) is 4.79 Å². The van der Waals surface area contributed by atoms with E-state index in [1.54, 1.807) is 0 Å². The summed E-state index contributed by atoms with van der Waals surface area (Å²) in [6.07, 6.45) is 4.83. The van der Waals surface area contributed by atoms with Crippen molar-refractivity contribution in [1.29, 1.82) is 5.26 Å². The van der Waals surface area contributed by atoms with Crippen LogP contribution in [0.15, 0.2) is 24.3 Å². The minimum absolute atomic E-state index is 0.0218. The Bertz CT molecular complexity index is 668. The zero-order valence-corrected chi connectivity index (χ0v) is 16.6. The van der Waals surface area contributed by atoms with Crippen molar-refractivity contribution in [3.05, 3.63) is 29.8 Å². The molecule has 0 N–H and O–H groups in total.